The van der Waals surface area contributed by atoms with Gasteiger partial charge in [-0.15, -0.1) is 0 Å². The van der Waals surface area contributed by atoms with E-state index in [1.54, 1.807) is 6.92 Å². The Kier molecular flexibility index (Phi) is 5.66. The van der Waals surface area contributed by atoms with E-state index >= 15 is 0 Å². The van der Waals surface area contributed by atoms with Gasteiger partial charge in [0.2, 0.25) is 0 Å². The zero-order valence-corrected chi connectivity index (χ0v) is 16.7. The average Bonchev–Trinajstić information content (AvgIpc) is 3.20. The number of hydrogen-bond acceptors (Lipinski definition) is 3. The van der Waals surface area contributed by atoms with E-state index in [2.05, 4.69) is 16.0 Å². The van der Waals surface area contributed by atoms with Crippen molar-refractivity contribution in [2.75, 3.05) is 10.6 Å². The number of anilines is 2. The van der Waals surface area contributed by atoms with Crippen molar-refractivity contribution in [2.45, 2.75) is 13.5 Å². The summed E-state index contributed by atoms with van der Waals surface area (Å²) >= 11 is 0. The van der Waals surface area contributed by atoms with Gasteiger partial charge >= 0.3 is 6.03 Å². The van der Waals surface area contributed by atoms with Crippen LogP contribution in [0.2, 0.25) is 0 Å². The van der Waals surface area contributed by atoms with Crippen molar-refractivity contribution in [3.63, 3.8) is 0 Å². The number of amides is 3. The number of aryl methyl sites for hydroxylation is 1. The molecule has 0 unspecified atom stereocenters. The third kappa shape index (κ3) is 4.72. The molecule has 0 saturated carbocycles. The van der Waals surface area contributed by atoms with Crippen molar-refractivity contribution in [1.29, 1.82) is 0 Å². The number of nitrogens with one attached hydrogen (secondary N) is 3. The Hall–Kier alpha value is -4.13. The van der Waals surface area contributed by atoms with Crippen LogP contribution in [0.25, 0.3) is 10.8 Å². The molecule has 0 aliphatic rings. The van der Waals surface area contributed by atoms with Crippen molar-refractivity contribution < 1.29 is 18.4 Å². The molecule has 7 heteroatoms. The largest absolute Gasteiger partial charge is 0.469 e. The second-order valence-electron chi connectivity index (χ2n) is 7.03. The Morgan fingerprint density at radius 3 is 2.52 bits per heavy atom. The maximum atomic E-state index is 14.1. The lowest BCUT2D eigenvalue weighted by molar-refractivity contribution is 0.102. The van der Waals surface area contributed by atoms with Crippen LogP contribution in [-0.4, -0.2) is 11.9 Å². The summed E-state index contributed by atoms with van der Waals surface area (Å²) in [7, 11) is 0. The highest BCUT2D eigenvalue weighted by molar-refractivity contribution is 6.05. The van der Waals surface area contributed by atoms with Gasteiger partial charge in [-0.05, 0) is 53.6 Å². The second kappa shape index (κ2) is 8.71. The van der Waals surface area contributed by atoms with Crippen molar-refractivity contribution in [3.8, 4) is 0 Å². The molecule has 4 rings (SSSR count). The summed E-state index contributed by atoms with van der Waals surface area (Å²) in [4.78, 5) is 24.6. The fourth-order valence-electron chi connectivity index (χ4n) is 3.22. The van der Waals surface area contributed by atoms with Gasteiger partial charge in [-0.2, -0.15) is 0 Å². The maximum Gasteiger partial charge on any atom is 0.319 e. The SMILES string of the molecule is Cc1occc1C(=O)Nc1cc(NC(=O)NCc2ccc3ccccc3c2)ccc1F. The maximum absolute atomic E-state index is 14.1. The molecule has 0 atom stereocenters. The lowest BCUT2D eigenvalue weighted by atomic mass is 10.1. The molecule has 1 aromatic heterocycles. The van der Waals surface area contributed by atoms with Gasteiger partial charge in [0, 0.05) is 12.2 Å². The number of carbonyl (C=O) groups is 2. The standard InChI is InChI=1S/C24H20FN3O3/c1-15-20(10-11-31-15)23(29)28-22-13-19(8-9-21(22)25)27-24(30)26-14-16-6-7-17-4-2-3-5-18(17)12-16/h2-13H,14H2,1H3,(H,28,29)(H2,26,27,30). The molecule has 3 amide bonds. The minimum Gasteiger partial charge on any atom is -0.469 e. The minimum absolute atomic E-state index is 0.0436. The molecular weight excluding hydrogens is 397 g/mol. The quantitative estimate of drug-likeness (QED) is 0.403. The molecule has 3 N–H and O–H groups in total. The van der Waals surface area contributed by atoms with Crippen molar-refractivity contribution in [3.05, 3.63) is 95.7 Å². The fourth-order valence-corrected chi connectivity index (χ4v) is 3.22. The highest BCUT2D eigenvalue weighted by Crippen LogP contribution is 2.21. The monoisotopic (exact) mass is 417 g/mol. The molecule has 0 saturated heterocycles. The van der Waals surface area contributed by atoms with E-state index in [9.17, 15) is 14.0 Å². The van der Waals surface area contributed by atoms with Gasteiger partial charge in [0.25, 0.3) is 5.91 Å². The minimum atomic E-state index is -0.614. The van der Waals surface area contributed by atoms with Gasteiger partial charge in [-0.1, -0.05) is 36.4 Å². The van der Waals surface area contributed by atoms with E-state index in [1.165, 1.54) is 30.5 Å². The van der Waals surface area contributed by atoms with Gasteiger partial charge in [0.05, 0.1) is 17.5 Å². The molecule has 1 heterocycles. The van der Waals surface area contributed by atoms with E-state index in [0.717, 1.165) is 16.3 Å². The molecule has 0 bridgehead atoms. The molecule has 0 radical (unpaired) electrons. The zero-order chi connectivity index (χ0) is 21.8. The van der Waals surface area contributed by atoms with Gasteiger partial charge < -0.3 is 20.4 Å². The van der Waals surface area contributed by atoms with E-state index in [-0.39, 0.29) is 5.69 Å². The average molecular weight is 417 g/mol. The number of urea groups is 1. The van der Waals surface area contributed by atoms with Gasteiger partial charge in [-0.25, -0.2) is 9.18 Å². The van der Waals surface area contributed by atoms with E-state index in [0.29, 0.717) is 23.6 Å². The topological polar surface area (TPSA) is 83.4 Å². The fraction of sp³-hybridized carbons (Fsp3) is 0.0833. The van der Waals surface area contributed by atoms with Crippen LogP contribution in [0, 0.1) is 12.7 Å². The molecular formula is C24H20FN3O3. The second-order valence-corrected chi connectivity index (χ2v) is 7.03. The highest BCUT2D eigenvalue weighted by atomic mass is 19.1. The number of carbonyl (C=O) groups excluding carboxylic acids is 2. The Balaban J connectivity index is 1.39. The normalized spacial score (nSPS) is 10.6. The number of benzene rings is 3. The first-order valence-electron chi connectivity index (χ1n) is 9.67. The number of hydrogen-bond donors (Lipinski definition) is 3. The molecule has 6 nitrogen and oxygen atoms in total. The third-order valence-electron chi connectivity index (χ3n) is 4.84. The molecule has 156 valence electrons. The Morgan fingerprint density at radius 2 is 1.74 bits per heavy atom. The van der Waals surface area contributed by atoms with Crippen molar-refractivity contribution in [1.82, 2.24) is 5.32 Å². The molecule has 0 aliphatic heterocycles. The van der Waals surface area contributed by atoms with Crippen molar-refractivity contribution >= 4 is 34.1 Å². The first-order valence-corrected chi connectivity index (χ1v) is 9.67. The lowest BCUT2D eigenvalue weighted by Crippen LogP contribution is -2.28. The molecule has 0 fully saturated rings. The summed E-state index contributed by atoms with van der Waals surface area (Å²) < 4.78 is 19.2. The number of rotatable bonds is 5. The lowest BCUT2D eigenvalue weighted by Gasteiger charge is -2.11. The van der Waals surface area contributed by atoms with Gasteiger partial charge in [0.1, 0.15) is 11.6 Å². The summed E-state index contributed by atoms with van der Waals surface area (Å²) in [5.41, 5.74) is 1.57. The van der Waals surface area contributed by atoms with Crippen molar-refractivity contribution in [2.24, 2.45) is 0 Å². The predicted molar refractivity (Wildman–Crippen MR) is 118 cm³/mol. The van der Waals surface area contributed by atoms with E-state index < -0.39 is 17.8 Å². The summed E-state index contributed by atoms with van der Waals surface area (Å²) in [6.07, 6.45) is 1.39. The predicted octanol–water partition coefficient (Wildman–Crippen LogP) is 5.45. The Labute approximate surface area is 178 Å². The summed E-state index contributed by atoms with van der Waals surface area (Å²) in [6.45, 7) is 1.98. The van der Waals surface area contributed by atoms with Crippen LogP contribution in [0.5, 0.6) is 0 Å². The first kappa shape index (κ1) is 20.2. The highest BCUT2D eigenvalue weighted by Gasteiger charge is 2.14. The zero-order valence-electron chi connectivity index (χ0n) is 16.7. The smallest absolute Gasteiger partial charge is 0.319 e. The summed E-state index contributed by atoms with van der Waals surface area (Å²) in [5, 5.41) is 10.1. The van der Waals surface area contributed by atoms with Crippen LogP contribution in [0.3, 0.4) is 0 Å². The summed E-state index contributed by atoms with van der Waals surface area (Å²) in [6, 6.07) is 19.0. The van der Waals surface area contributed by atoms with Crippen LogP contribution >= 0.6 is 0 Å². The number of halogens is 1. The third-order valence-corrected chi connectivity index (χ3v) is 4.84. The molecule has 0 aliphatic carbocycles. The van der Waals surface area contributed by atoms with Crippen LogP contribution in [-0.2, 0) is 6.54 Å². The Bertz CT molecular complexity index is 1270. The number of fused-ring (bicyclic) bond motifs is 1. The molecule has 0 spiro atoms. The van der Waals surface area contributed by atoms with Crippen LogP contribution in [0.15, 0.2) is 77.4 Å². The van der Waals surface area contributed by atoms with Crippen LogP contribution < -0.4 is 16.0 Å². The van der Waals surface area contributed by atoms with Gasteiger partial charge in [0.15, 0.2) is 0 Å². The van der Waals surface area contributed by atoms with E-state index in [1.807, 2.05) is 42.5 Å². The van der Waals surface area contributed by atoms with Gasteiger partial charge in [-0.3, -0.25) is 4.79 Å². The molecule has 3 aromatic carbocycles. The molecule has 31 heavy (non-hydrogen) atoms. The summed E-state index contributed by atoms with van der Waals surface area (Å²) in [5.74, 6) is -0.681. The molecule has 4 aromatic rings. The Morgan fingerprint density at radius 1 is 0.935 bits per heavy atom. The van der Waals surface area contributed by atoms with E-state index in [4.69, 9.17) is 4.42 Å². The van der Waals surface area contributed by atoms with Crippen LogP contribution in [0.1, 0.15) is 21.7 Å². The number of furan rings is 1. The van der Waals surface area contributed by atoms with Crippen LogP contribution in [0.4, 0.5) is 20.6 Å². The first-order chi connectivity index (χ1) is 15.0.